The monoisotopic (exact) mass is 443 g/mol. The van der Waals surface area contributed by atoms with Gasteiger partial charge in [0, 0.05) is 35.6 Å². The van der Waals surface area contributed by atoms with Crippen molar-refractivity contribution in [2.75, 3.05) is 26.2 Å². The molecule has 0 unspecified atom stereocenters. The number of esters is 1. The highest BCUT2D eigenvalue weighted by molar-refractivity contribution is 5.96. The van der Waals surface area contributed by atoms with Gasteiger partial charge < -0.3 is 14.7 Å². The van der Waals surface area contributed by atoms with Gasteiger partial charge in [-0.15, -0.1) is 0 Å². The zero-order valence-corrected chi connectivity index (χ0v) is 18.7. The van der Waals surface area contributed by atoms with Crippen LogP contribution in [0.25, 0.3) is 11.1 Å². The van der Waals surface area contributed by atoms with E-state index in [9.17, 15) is 9.90 Å². The van der Waals surface area contributed by atoms with E-state index in [1.807, 2.05) is 36.4 Å². The molecule has 1 aromatic heterocycles. The van der Waals surface area contributed by atoms with Crippen molar-refractivity contribution < 1.29 is 14.6 Å². The Bertz CT molecular complexity index is 1070. The van der Waals surface area contributed by atoms with Gasteiger partial charge in [0.1, 0.15) is 0 Å². The summed E-state index contributed by atoms with van der Waals surface area (Å²) in [6.07, 6.45) is 9.63. The van der Waals surface area contributed by atoms with Crippen LogP contribution in [0.2, 0.25) is 0 Å². The zero-order chi connectivity index (χ0) is 22.7. The molecule has 0 amide bonds. The first kappa shape index (κ1) is 21.7. The van der Waals surface area contributed by atoms with E-state index in [0.717, 1.165) is 42.9 Å². The fourth-order valence-corrected chi connectivity index (χ4v) is 5.07. The van der Waals surface area contributed by atoms with E-state index in [2.05, 4.69) is 14.9 Å². The van der Waals surface area contributed by atoms with Crippen molar-refractivity contribution in [3.63, 3.8) is 0 Å². The number of carbonyl (C=O) groups is 1. The molecular weight excluding hydrogens is 414 g/mol. The van der Waals surface area contributed by atoms with Crippen LogP contribution in [0.5, 0.6) is 0 Å². The summed E-state index contributed by atoms with van der Waals surface area (Å²) in [5, 5.41) is 11.7. The Hall–Kier alpha value is -3.09. The van der Waals surface area contributed by atoms with Crippen molar-refractivity contribution >= 4 is 5.97 Å². The van der Waals surface area contributed by atoms with Gasteiger partial charge >= 0.3 is 5.97 Å². The van der Waals surface area contributed by atoms with Crippen LogP contribution in [-0.2, 0) is 15.1 Å². The Balaban J connectivity index is 1.35. The second-order valence-electron chi connectivity index (χ2n) is 8.92. The fraction of sp³-hybridized carbons (Fsp3) is 0.370. The third kappa shape index (κ3) is 4.16. The van der Waals surface area contributed by atoms with Crippen LogP contribution in [0.15, 0.2) is 67.1 Å². The summed E-state index contributed by atoms with van der Waals surface area (Å²) in [4.78, 5) is 24.6. The fourth-order valence-electron chi connectivity index (χ4n) is 5.07. The lowest BCUT2D eigenvalue weighted by atomic mass is 9.91. The summed E-state index contributed by atoms with van der Waals surface area (Å²) in [6, 6.07) is 15.0. The van der Waals surface area contributed by atoms with Crippen molar-refractivity contribution in [2.45, 2.75) is 37.2 Å². The molecule has 0 saturated carbocycles. The number of piperidine rings is 1. The van der Waals surface area contributed by atoms with Crippen LogP contribution in [0.1, 0.15) is 48.4 Å². The standard InChI is InChI=1S/C27H29N3O3/c31-26(27(32)23-10-4-2-8-21(23)22-9-3-5-11-24(22)27)33-19-20(25-18-28-13-14-29-25)12-17-30-15-6-1-7-16-30/h2-5,8-11,13-14,18,20,32H,1,6-7,12,15-17,19H2/t20-/m0/s1. The highest BCUT2D eigenvalue weighted by Gasteiger charge is 2.49. The Morgan fingerprint density at radius 3 is 2.30 bits per heavy atom. The maximum Gasteiger partial charge on any atom is 0.347 e. The molecule has 1 atom stereocenters. The molecule has 2 heterocycles. The Morgan fingerprint density at radius 1 is 1.00 bits per heavy atom. The topological polar surface area (TPSA) is 75.5 Å². The van der Waals surface area contributed by atoms with Gasteiger partial charge in [-0.2, -0.15) is 0 Å². The van der Waals surface area contributed by atoms with Crippen molar-refractivity contribution in [3.8, 4) is 11.1 Å². The van der Waals surface area contributed by atoms with Gasteiger partial charge in [0.2, 0.25) is 5.60 Å². The van der Waals surface area contributed by atoms with Gasteiger partial charge in [0.15, 0.2) is 0 Å². The summed E-state index contributed by atoms with van der Waals surface area (Å²) in [7, 11) is 0. The van der Waals surface area contributed by atoms with Gasteiger partial charge in [-0.05, 0) is 50.0 Å². The molecule has 1 saturated heterocycles. The van der Waals surface area contributed by atoms with E-state index in [1.54, 1.807) is 30.7 Å². The Kier molecular flexibility index (Phi) is 6.20. The first-order valence-corrected chi connectivity index (χ1v) is 11.7. The number of nitrogens with zero attached hydrogens (tertiary/aromatic N) is 3. The third-order valence-corrected chi connectivity index (χ3v) is 6.88. The average molecular weight is 444 g/mol. The number of hydrogen-bond acceptors (Lipinski definition) is 6. The van der Waals surface area contributed by atoms with Crippen molar-refractivity contribution in [1.82, 2.24) is 14.9 Å². The highest BCUT2D eigenvalue weighted by atomic mass is 16.5. The molecule has 0 spiro atoms. The molecule has 2 aromatic carbocycles. The van der Waals surface area contributed by atoms with Crippen LogP contribution < -0.4 is 0 Å². The Morgan fingerprint density at radius 2 is 1.67 bits per heavy atom. The van der Waals surface area contributed by atoms with E-state index in [1.165, 1.54) is 19.3 Å². The van der Waals surface area contributed by atoms with E-state index in [-0.39, 0.29) is 12.5 Å². The lowest BCUT2D eigenvalue weighted by Crippen LogP contribution is -2.38. The minimum Gasteiger partial charge on any atom is -0.462 e. The number of benzene rings is 2. The molecule has 0 radical (unpaired) electrons. The first-order chi connectivity index (χ1) is 16.2. The van der Waals surface area contributed by atoms with E-state index in [4.69, 9.17) is 4.74 Å². The van der Waals surface area contributed by atoms with Crippen molar-refractivity contribution in [3.05, 3.63) is 83.9 Å². The summed E-state index contributed by atoms with van der Waals surface area (Å²) in [5.41, 5.74) is 1.86. The normalized spacial score (nSPS) is 17.7. The van der Waals surface area contributed by atoms with Crippen LogP contribution in [0.3, 0.4) is 0 Å². The predicted octanol–water partition coefficient (Wildman–Crippen LogP) is 3.90. The number of aromatic nitrogens is 2. The molecule has 33 heavy (non-hydrogen) atoms. The van der Waals surface area contributed by atoms with Gasteiger partial charge in [-0.3, -0.25) is 9.97 Å². The van der Waals surface area contributed by atoms with Gasteiger partial charge in [-0.25, -0.2) is 4.79 Å². The van der Waals surface area contributed by atoms with Crippen LogP contribution in [0, 0.1) is 0 Å². The molecule has 1 aliphatic heterocycles. The third-order valence-electron chi connectivity index (χ3n) is 6.88. The second-order valence-corrected chi connectivity index (χ2v) is 8.92. The van der Waals surface area contributed by atoms with Crippen LogP contribution in [-0.4, -0.2) is 52.2 Å². The number of ether oxygens (including phenoxy) is 1. The molecule has 1 N–H and O–H groups in total. The summed E-state index contributed by atoms with van der Waals surface area (Å²) < 4.78 is 5.82. The average Bonchev–Trinajstić information content (AvgIpc) is 3.15. The minimum atomic E-state index is -1.81. The quantitative estimate of drug-likeness (QED) is 0.559. The molecule has 6 nitrogen and oxygen atoms in total. The molecule has 0 bridgehead atoms. The maximum absolute atomic E-state index is 13.4. The number of likely N-dealkylation sites (tertiary alicyclic amines) is 1. The number of aliphatic hydroxyl groups is 1. The molecule has 170 valence electrons. The number of rotatable bonds is 7. The van der Waals surface area contributed by atoms with Gasteiger partial charge in [0.25, 0.3) is 0 Å². The summed E-state index contributed by atoms with van der Waals surface area (Å²) in [5.74, 6) is -0.730. The van der Waals surface area contributed by atoms with Crippen molar-refractivity contribution in [2.24, 2.45) is 0 Å². The predicted molar refractivity (Wildman–Crippen MR) is 126 cm³/mol. The van der Waals surface area contributed by atoms with Crippen molar-refractivity contribution in [1.29, 1.82) is 0 Å². The minimum absolute atomic E-state index is 0.0833. The largest absolute Gasteiger partial charge is 0.462 e. The molecule has 1 fully saturated rings. The molecule has 2 aliphatic rings. The maximum atomic E-state index is 13.4. The van der Waals surface area contributed by atoms with E-state index >= 15 is 0 Å². The number of hydrogen-bond donors (Lipinski definition) is 1. The van der Waals surface area contributed by atoms with E-state index in [0.29, 0.717) is 11.1 Å². The lowest BCUT2D eigenvalue weighted by Gasteiger charge is -2.29. The SMILES string of the molecule is O=C(OC[C@H](CCN1CCCCC1)c1cnccn1)C1(O)c2ccccc2-c2ccccc21. The molecule has 5 rings (SSSR count). The number of carbonyl (C=O) groups excluding carboxylic acids is 1. The first-order valence-electron chi connectivity index (χ1n) is 11.7. The highest BCUT2D eigenvalue weighted by Crippen LogP contribution is 2.48. The molecule has 6 heteroatoms. The second kappa shape index (κ2) is 9.41. The molecule has 1 aliphatic carbocycles. The summed E-state index contributed by atoms with van der Waals surface area (Å²) in [6.45, 7) is 3.30. The molecular formula is C27H29N3O3. The lowest BCUT2D eigenvalue weighted by molar-refractivity contribution is -0.162. The van der Waals surface area contributed by atoms with Gasteiger partial charge in [0.05, 0.1) is 12.3 Å². The van der Waals surface area contributed by atoms with Crippen LogP contribution >= 0.6 is 0 Å². The summed E-state index contributed by atoms with van der Waals surface area (Å²) >= 11 is 0. The Labute approximate surface area is 194 Å². The van der Waals surface area contributed by atoms with Gasteiger partial charge in [-0.1, -0.05) is 55.0 Å². The smallest absolute Gasteiger partial charge is 0.347 e. The van der Waals surface area contributed by atoms with Crippen LogP contribution in [0.4, 0.5) is 0 Å². The number of fused-ring (bicyclic) bond motifs is 3. The molecule has 3 aromatic rings. The van der Waals surface area contributed by atoms with E-state index < -0.39 is 11.6 Å². The zero-order valence-electron chi connectivity index (χ0n) is 18.7.